The van der Waals surface area contributed by atoms with E-state index in [1.54, 1.807) is 29.5 Å². The molecule has 1 atom stereocenters. The van der Waals surface area contributed by atoms with Gasteiger partial charge in [-0.25, -0.2) is 0 Å². The summed E-state index contributed by atoms with van der Waals surface area (Å²) in [5, 5.41) is 24.9. The standard InChI is InChI=1S/C14H17NO2S/c1-10(14-12(16)5-2-6-13(14)17)15-8-7-11-4-3-9-18-11/h2-6,9-10,15-17H,7-8H2,1H3. The Labute approximate surface area is 111 Å². The lowest BCUT2D eigenvalue weighted by atomic mass is 10.1. The summed E-state index contributed by atoms with van der Waals surface area (Å²) in [6, 6.07) is 8.88. The molecule has 0 aliphatic carbocycles. The Kier molecular flexibility index (Phi) is 4.23. The van der Waals surface area contributed by atoms with Crippen molar-refractivity contribution in [3.63, 3.8) is 0 Å². The first-order valence-corrected chi connectivity index (χ1v) is 6.83. The van der Waals surface area contributed by atoms with Crippen LogP contribution in [0, 0.1) is 0 Å². The lowest BCUT2D eigenvalue weighted by Crippen LogP contribution is -2.21. The van der Waals surface area contributed by atoms with Gasteiger partial charge in [-0.1, -0.05) is 12.1 Å². The van der Waals surface area contributed by atoms with Crippen LogP contribution in [0.2, 0.25) is 0 Å². The number of aromatic hydroxyl groups is 2. The van der Waals surface area contributed by atoms with Crippen LogP contribution in [-0.4, -0.2) is 16.8 Å². The second-order valence-electron chi connectivity index (χ2n) is 4.22. The van der Waals surface area contributed by atoms with Gasteiger partial charge >= 0.3 is 0 Å². The highest BCUT2D eigenvalue weighted by Gasteiger charge is 2.14. The van der Waals surface area contributed by atoms with E-state index >= 15 is 0 Å². The highest BCUT2D eigenvalue weighted by atomic mass is 32.1. The van der Waals surface area contributed by atoms with E-state index in [4.69, 9.17) is 0 Å². The van der Waals surface area contributed by atoms with Gasteiger partial charge < -0.3 is 15.5 Å². The summed E-state index contributed by atoms with van der Waals surface area (Å²) >= 11 is 1.74. The molecule has 0 saturated heterocycles. The summed E-state index contributed by atoms with van der Waals surface area (Å²) in [6.45, 7) is 2.75. The molecular formula is C14H17NO2S. The summed E-state index contributed by atoms with van der Waals surface area (Å²) in [6.07, 6.45) is 0.955. The molecule has 0 aliphatic heterocycles. The van der Waals surface area contributed by atoms with Gasteiger partial charge in [0.1, 0.15) is 11.5 Å². The van der Waals surface area contributed by atoms with Crippen molar-refractivity contribution in [2.45, 2.75) is 19.4 Å². The van der Waals surface area contributed by atoms with Gasteiger partial charge in [-0.2, -0.15) is 0 Å². The van der Waals surface area contributed by atoms with Crippen LogP contribution in [0.1, 0.15) is 23.4 Å². The van der Waals surface area contributed by atoms with Gasteiger partial charge in [0.25, 0.3) is 0 Å². The molecule has 0 amide bonds. The van der Waals surface area contributed by atoms with Crippen molar-refractivity contribution >= 4 is 11.3 Å². The second kappa shape index (κ2) is 5.89. The van der Waals surface area contributed by atoms with Gasteiger partial charge in [0.2, 0.25) is 0 Å². The fourth-order valence-electron chi connectivity index (χ4n) is 1.95. The molecule has 2 rings (SSSR count). The zero-order valence-electron chi connectivity index (χ0n) is 10.3. The van der Waals surface area contributed by atoms with E-state index in [1.807, 2.05) is 13.0 Å². The van der Waals surface area contributed by atoms with Crippen LogP contribution in [-0.2, 0) is 6.42 Å². The largest absolute Gasteiger partial charge is 0.507 e. The van der Waals surface area contributed by atoms with Gasteiger partial charge in [0.15, 0.2) is 0 Å². The first-order chi connectivity index (χ1) is 8.68. The molecule has 3 nitrogen and oxygen atoms in total. The number of benzene rings is 1. The summed E-state index contributed by atoms with van der Waals surface area (Å²) in [4.78, 5) is 1.33. The normalized spacial score (nSPS) is 12.5. The Balaban J connectivity index is 1.93. The van der Waals surface area contributed by atoms with Crippen LogP contribution >= 0.6 is 11.3 Å². The number of nitrogens with one attached hydrogen (secondary N) is 1. The molecule has 0 radical (unpaired) electrons. The van der Waals surface area contributed by atoms with Crippen LogP contribution in [0.15, 0.2) is 35.7 Å². The van der Waals surface area contributed by atoms with Crippen molar-refractivity contribution in [1.82, 2.24) is 5.32 Å². The van der Waals surface area contributed by atoms with Gasteiger partial charge in [-0.3, -0.25) is 0 Å². The third-order valence-corrected chi connectivity index (χ3v) is 3.83. The zero-order valence-corrected chi connectivity index (χ0v) is 11.1. The van der Waals surface area contributed by atoms with Crippen molar-refractivity contribution < 1.29 is 10.2 Å². The van der Waals surface area contributed by atoms with E-state index in [0.717, 1.165) is 13.0 Å². The van der Waals surface area contributed by atoms with Crippen LogP contribution < -0.4 is 5.32 Å². The lowest BCUT2D eigenvalue weighted by Gasteiger charge is -2.16. The van der Waals surface area contributed by atoms with E-state index < -0.39 is 0 Å². The maximum absolute atomic E-state index is 9.75. The summed E-state index contributed by atoms with van der Waals surface area (Å²) in [5.41, 5.74) is 0.559. The molecule has 0 aliphatic rings. The SMILES string of the molecule is CC(NCCc1cccs1)c1c(O)cccc1O. The van der Waals surface area contributed by atoms with Crippen molar-refractivity contribution in [1.29, 1.82) is 0 Å². The fraction of sp³-hybridized carbons (Fsp3) is 0.286. The predicted molar refractivity (Wildman–Crippen MR) is 74.2 cm³/mol. The van der Waals surface area contributed by atoms with Gasteiger partial charge in [0, 0.05) is 17.5 Å². The molecule has 0 spiro atoms. The Hall–Kier alpha value is -1.52. The van der Waals surface area contributed by atoms with Crippen molar-refractivity contribution in [2.24, 2.45) is 0 Å². The van der Waals surface area contributed by atoms with E-state index in [0.29, 0.717) is 5.56 Å². The molecular weight excluding hydrogens is 246 g/mol. The van der Waals surface area contributed by atoms with E-state index in [2.05, 4.69) is 16.8 Å². The summed E-state index contributed by atoms with van der Waals surface area (Å²) < 4.78 is 0. The van der Waals surface area contributed by atoms with E-state index in [-0.39, 0.29) is 17.5 Å². The first-order valence-electron chi connectivity index (χ1n) is 5.95. The minimum atomic E-state index is -0.0776. The predicted octanol–water partition coefficient (Wildman–Crippen LogP) is 3.05. The molecule has 0 bridgehead atoms. The Morgan fingerprint density at radius 1 is 1.17 bits per heavy atom. The monoisotopic (exact) mass is 263 g/mol. The highest BCUT2D eigenvalue weighted by molar-refractivity contribution is 7.09. The maximum atomic E-state index is 9.75. The molecule has 1 aromatic carbocycles. The quantitative estimate of drug-likeness (QED) is 0.777. The smallest absolute Gasteiger partial charge is 0.124 e. The number of thiophene rings is 1. The molecule has 1 aromatic heterocycles. The lowest BCUT2D eigenvalue weighted by molar-refractivity contribution is 0.419. The van der Waals surface area contributed by atoms with E-state index in [9.17, 15) is 10.2 Å². The van der Waals surface area contributed by atoms with Crippen molar-refractivity contribution in [2.75, 3.05) is 6.54 Å². The molecule has 0 saturated carbocycles. The molecule has 96 valence electrons. The molecule has 3 N–H and O–H groups in total. The van der Waals surface area contributed by atoms with E-state index in [1.165, 1.54) is 4.88 Å². The van der Waals surface area contributed by atoms with Crippen molar-refractivity contribution in [3.05, 3.63) is 46.2 Å². The molecule has 0 fully saturated rings. The third-order valence-electron chi connectivity index (χ3n) is 2.90. The average Bonchev–Trinajstić information content (AvgIpc) is 2.82. The minimum Gasteiger partial charge on any atom is -0.507 e. The van der Waals surface area contributed by atoms with Crippen LogP contribution in [0.25, 0.3) is 0 Å². The summed E-state index contributed by atoms with van der Waals surface area (Å²) in [7, 11) is 0. The zero-order chi connectivity index (χ0) is 13.0. The van der Waals surface area contributed by atoms with Gasteiger partial charge in [-0.15, -0.1) is 11.3 Å². The minimum absolute atomic E-state index is 0.0776. The molecule has 1 unspecified atom stereocenters. The molecule has 18 heavy (non-hydrogen) atoms. The fourth-order valence-corrected chi connectivity index (χ4v) is 2.66. The van der Waals surface area contributed by atoms with Gasteiger partial charge in [-0.05, 0) is 36.9 Å². The number of rotatable bonds is 5. The third kappa shape index (κ3) is 3.03. The number of hydrogen-bond acceptors (Lipinski definition) is 4. The number of hydrogen-bond donors (Lipinski definition) is 3. The van der Waals surface area contributed by atoms with Crippen LogP contribution in [0.3, 0.4) is 0 Å². The average molecular weight is 263 g/mol. The second-order valence-corrected chi connectivity index (χ2v) is 5.25. The Morgan fingerprint density at radius 2 is 1.89 bits per heavy atom. The van der Waals surface area contributed by atoms with Crippen LogP contribution in [0.5, 0.6) is 11.5 Å². The molecule has 2 aromatic rings. The first kappa shape index (κ1) is 12.9. The summed E-state index contributed by atoms with van der Waals surface area (Å²) in [5.74, 6) is 0.261. The van der Waals surface area contributed by atoms with Gasteiger partial charge in [0.05, 0.1) is 5.56 Å². The van der Waals surface area contributed by atoms with Crippen LogP contribution in [0.4, 0.5) is 0 Å². The topological polar surface area (TPSA) is 52.5 Å². The number of phenolic OH excluding ortho intramolecular Hbond substituents is 2. The van der Waals surface area contributed by atoms with Crippen molar-refractivity contribution in [3.8, 4) is 11.5 Å². The molecule has 4 heteroatoms. The Morgan fingerprint density at radius 3 is 2.50 bits per heavy atom. The maximum Gasteiger partial charge on any atom is 0.124 e. The Bertz CT molecular complexity index is 476. The highest BCUT2D eigenvalue weighted by Crippen LogP contribution is 2.31. The molecule has 1 heterocycles. The number of phenols is 2.